The van der Waals surface area contributed by atoms with E-state index in [0.717, 1.165) is 0 Å². The number of aromatic nitrogens is 2. The molecule has 0 N–H and O–H groups in total. The van der Waals surface area contributed by atoms with Gasteiger partial charge in [-0.25, -0.2) is 4.98 Å². The van der Waals surface area contributed by atoms with E-state index in [9.17, 15) is 9.59 Å². The molecule has 1 fully saturated rings. The van der Waals surface area contributed by atoms with Gasteiger partial charge >= 0.3 is 0 Å². The molecule has 0 unspecified atom stereocenters. The number of rotatable bonds is 4. The van der Waals surface area contributed by atoms with Crippen molar-refractivity contribution in [3.8, 4) is 0 Å². The average molecular weight is 321 g/mol. The van der Waals surface area contributed by atoms with Gasteiger partial charge in [-0.2, -0.15) is 0 Å². The van der Waals surface area contributed by atoms with Gasteiger partial charge in [-0.1, -0.05) is 0 Å². The van der Waals surface area contributed by atoms with Gasteiger partial charge in [0, 0.05) is 20.2 Å². The molecule has 0 aromatic carbocycles. The summed E-state index contributed by atoms with van der Waals surface area (Å²) in [6.45, 7) is 4.43. The van der Waals surface area contributed by atoms with Crippen LogP contribution in [0.25, 0.3) is 11.1 Å². The Labute approximate surface area is 132 Å². The molecule has 0 radical (unpaired) electrons. The van der Waals surface area contributed by atoms with E-state index < -0.39 is 0 Å². The van der Waals surface area contributed by atoms with Crippen LogP contribution in [0, 0.1) is 6.92 Å². The lowest BCUT2D eigenvalue weighted by molar-refractivity contribution is 0.0303. The summed E-state index contributed by atoms with van der Waals surface area (Å²) in [5.41, 5.74) is 0.199. The van der Waals surface area contributed by atoms with Crippen LogP contribution in [0.1, 0.15) is 16.1 Å². The van der Waals surface area contributed by atoms with E-state index >= 15 is 0 Å². The fourth-order valence-electron chi connectivity index (χ4n) is 2.67. The Morgan fingerprint density at radius 3 is 2.83 bits per heavy atom. The number of methoxy groups -OCH3 is 1. The van der Waals surface area contributed by atoms with Gasteiger partial charge in [-0.05, 0) is 6.92 Å². The number of morpholine rings is 1. The largest absolute Gasteiger partial charge is 0.442 e. The summed E-state index contributed by atoms with van der Waals surface area (Å²) >= 11 is 0. The molecule has 23 heavy (non-hydrogen) atoms. The minimum atomic E-state index is -0.291. The number of furan rings is 1. The Morgan fingerprint density at radius 2 is 2.13 bits per heavy atom. The molecule has 2 aromatic rings. The molecule has 8 heteroatoms. The van der Waals surface area contributed by atoms with Gasteiger partial charge in [0.05, 0.1) is 31.9 Å². The number of hydrogen-bond acceptors (Lipinski definition) is 6. The Morgan fingerprint density at radius 1 is 1.39 bits per heavy atom. The highest BCUT2D eigenvalue weighted by molar-refractivity contribution is 6.06. The molecular weight excluding hydrogens is 302 g/mol. The Bertz CT molecular complexity index is 773. The summed E-state index contributed by atoms with van der Waals surface area (Å²) in [5, 5.41) is 0.234. The third-order valence-electron chi connectivity index (χ3n) is 3.90. The molecule has 0 atom stereocenters. The van der Waals surface area contributed by atoms with Gasteiger partial charge in [0.2, 0.25) is 5.71 Å². The van der Waals surface area contributed by atoms with E-state index in [0.29, 0.717) is 50.8 Å². The second-order valence-electron chi connectivity index (χ2n) is 5.35. The number of ether oxygens (including phenoxy) is 2. The molecule has 1 aliphatic heterocycles. The lowest BCUT2D eigenvalue weighted by atomic mass is 10.1. The molecule has 0 bridgehead atoms. The van der Waals surface area contributed by atoms with E-state index in [1.54, 1.807) is 18.9 Å². The summed E-state index contributed by atoms with van der Waals surface area (Å²) in [4.78, 5) is 31.3. The molecule has 0 spiro atoms. The van der Waals surface area contributed by atoms with Crippen molar-refractivity contribution in [2.24, 2.45) is 0 Å². The molecule has 2 aromatic heterocycles. The van der Waals surface area contributed by atoms with Crippen LogP contribution in [-0.2, 0) is 16.0 Å². The molecule has 3 rings (SSSR count). The number of carbonyl (C=O) groups is 1. The van der Waals surface area contributed by atoms with Gasteiger partial charge < -0.3 is 18.8 Å². The van der Waals surface area contributed by atoms with Crippen LogP contribution >= 0.6 is 0 Å². The Kier molecular flexibility index (Phi) is 4.44. The molecule has 3 heterocycles. The summed E-state index contributed by atoms with van der Waals surface area (Å²) in [5.74, 6) is 0.193. The van der Waals surface area contributed by atoms with Gasteiger partial charge in [0.1, 0.15) is 17.5 Å². The number of hydrogen-bond donors (Lipinski definition) is 0. The number of fused-ring (bicyclic) bond motifs is 1. The molecule has 1 amide bonds. The van der Waals surface area contributed by atoms with Crippen molar-refractivity contribution in [3.05, 3.63) is 28.0 Å². The molecule has 1 saturated heterocycles. The zero-order valence-corrected chi connectivity index (χ0v) is 13.2. The van der Waals surface area contributed by atoms with Gasteiger partial charge in [0.25, 0.3) is 11.5 Å². The van der Waals surface area contributed by atoms with Crippen molar-refractivity contribution in [1.29, 1.82) is 0 Å². The maximum absolute atomic E-state index is 12.8. The SMILES string of the molecule is COCCn1cnc2oc(C)c(C(=O)N3CCOCC3)c2c1=O. The third-order valence-corrected chi connectivity index (χ3v) is 3.90. The topological polar surface area (TPSA) is 86.8 Å². The molecule has 8 nitrogen and oxygen atoms in total. The van der Waals surface area contributed by atoms with Crippen molar-refractivity contribution >= 4 is 17.0 Å². The third kappa shape index (κ3) is 2.87. The number of carbonyl (C=O) groups excluding carboxylic acids is 1. The summed E-state index contributed by atoms with van der Waals surface area (Å²) in [6.07, 6.45) is 1.41. The maximum atomic E-state index is 12.8. The number of amides is 1. The predicted octanol–water partition coefficient (Wildman–Crippen LogP) is 0.417. The first-order valence-corrected chi connectivity index (χ1v) is 7.48. The molecule has 0 aliphatic carbocycles. The van der Waals surface area contributed by atoms with E-state index in [-0.39, 0.29) is 22.6 Å². The molecule has 124 valence electrons. The average Bonchev–Trinajstić information content (AvgIpc) is 2.91. The van der Waals surface area contributed by atoms with Crippen molar-refractivity contribution in [1.82, 2.24) is 14.5 Å². The first-order chi connectivity index (χ1) is 11.1. The highest BCUT2D eigenvalue weighted by atomic mass is 16.5. The number of nitrogens with zero attached hydrogens (tertiary/aromatic N) is 3. The fraction of sp³-hybridized carbons (Fsp3) is 0.533. The first kappa shape index (κ1) is 15.7. The molecular formula is C15H19N3O5. The van der Waals surface area contributed by atoms with Crippen LogP contribution in [-0.4, -0.2) is 60.4 Å². The van der Waals surface area contributed by atoms with E-state index in [4.69, 9.17) is 13.9 Å². The smallest absolute Gasteiger partial charge is 0.265 e. The number of aryl methyl sites for hydroxylation is 1. The van der Waals surface area contributed by atoms with Crippen molar-refractivity contribution in [3.63, 3.8) is 0 Å². The van der Waals surface area contributed by atoms with Crippen LogP contribution in [0.3, 0.4) is 0 Å². The first-order valence-electron chi connectivity index (χ1n) is 7.48. The monoisotopic (exact) mass is 321 g/mol. The summed E-state index contributed by atoms with van der Waals surface area (Å²) in [6, 6.07) is 0. The lowest BCUT2D eigenvalue weighted by Crippen LogP contribution is -2.41. The Balaban J connectivity index is 2.06. The van der Waals surface area contributed by atoms with Gasteiger partial charge in [-0.15, -0.1) is 0 Å². The minimum Gasteiger partial charge on any atom is -0.442 e. The molecule has 0 saturated carbocycles. The van der Waals surface area contributed by atoms with Gasteiger partial charge in [0.15, 0.2) is 0 Å². The fourth-order valence-corrected chi connectivity index (χ4v) is 2.67. The van der Waals surface area contributed by atoms with E-state index in [1.807, 2.05) is 0 Å². The zero-order valence-electron chi connectivity index (χ0n) is 13.2. The minimum absolute atomic E-state index is 0.192. The summed E-state index contributed by atoms with van der Waals surface area (Å²) in [7, 11) is 1.56. The molecule has 1 aliphatic rings. The van der Waals surface area contributed by atoms with Crippen LogP contribution < -0.4 is 5.56 Å². The highest BCUT2D eigenvalue weighted by Crippen LogP contribution is 2.23. The summed E-state index contributed by atoms with van der Waals surface area (Å²) < 4.78 is 17.2. The Hall–Kier alpha value is -2.19. The quantitative estimate of drug-likeness (QED) is 0.811. The second-order valence-corrected chi connectivity index (χ2v) is 5.35. The van der Waals surface area contributed by atoms with Gasteiger partial charge in [-0.3, -0.25) is 14.2 Å². The van der Waals surface area contributed by atoms with Crippen LogP contribution in [0.4, 0.5) is 0 Å². The lowest BCUT2D eigenvalue weighted by Gasteiger charge is -2.26. The highest BCUT2D eigenvalue weighted by Gasteiger charge is 2.27. The maximum Gasteiger partial charge on any atom is 0.265 e. The standard InChI is InChI=1S/C15H19N3O5/c1-10-11(14(19)17-4-7-22-8-5-17)12-13(23-10)16-9-18(15(12)20)3-6-21-2/h9H,3-8H2,1-2H3. The zero-order chi connectivity index (χ0) is 16.4. The van der Waals surface area contributed by atoms with Crippen molar-refractivity contribution < 1.29 is 18.7 Å². The van der Waals surface area contributed by atoms with E-state index in [2.05, 4.69) is 4.98 Å². The van der Waals surface area contributed by atoms with Crippen molar-refractivity contribution in [2.45, 2.75) is 13.5 Å². The van der Waals surface area contributed by atoms with Crippen LogP contribution in [0.2, 0.25) is 0 Å². The van der Waals surface area contributed by atoms with E-state index in [1.165, 1.54) is 10.9 Å². The second kappa shape index (κ2) is 6.51. The normalized spacial score (nSPS) is 15.3. The van der Waals surface area contributed by atoms with Crippen molar-refractivity contribution in [2.75, 3.05) is 40.0 Å². The van der Waals surface area contributed by atoms with Crippen LogP contribution in [0.15, 0.2) is 15.5 Å². The predicted molar refractivity (Wildman–Crippen MR) is 81.6 cm³/mol. The van der Waals surface area contributed by atoms with Crippen LogP contribution in [0.5, 0.6) is 0 Å².